The molecular weight excluding hydrogens is 358 g/mol. The van der Waals surface area contributed by atoms with E-state index in [9.17, 15) is 9.59 Å². The highest BCUT2D eigenvalue weighted by Gasteiger charge is 2.14. The van der Waals surface area contributed by atoms with Crippen LogP contribution in [-0.4, -0.2) is 34.6 Å². The van der Waals surface area contributed by atoms with Crippen LogP contribution in [0.3, 0.4) is 0 Å². The van der Waals surface area contributed by atoms with E-state index in [-0.39, 0.29) is 24.6 Å². The molecule has 0 bridgehead atoms. The number of nitrogens with one attached hydrogen (secondary N) is 1. The average Bonchev–Trinajstić information content (AvgIpc) is 2.98. The van der Waals surface area contributed by atoms with Crippen molar-refractivity contribution in [2.75, 3.05) is 13.7 Å². The molecule has 1 heterocycles. The van der Waals surface area contributed by atoms with Crippen molar-refractivity contribution < 1.29 is 19.1 Å². The molecule has 0 amide bonds. The summed E-state index contributed by atoms with van der Waals surface area (Å²) in [6.07, 6.45) is 1.73. The largest absolute Gasteiger partial charge is 0.482 e. The molecule has 0 radical (unpaired) electrons. The van der Waals surface area contributed by atoms with Crippen molar-refractivity contribution in [2.24, 2.45) is 0 Å². The first-order valence-corrected chi connectivity index (χ1v) is 8.71. The van der Waals surface area contributed by atoms with Crippen molar-refractivity contribution in [3.8, 4) is 5.75 Å². The first-order chi connectivity index (χ1) is 13.5. The Balaban J connectivity index is 1.82. The minimum Gasteiger partial charge on any atom is -0.482 e. The number of Topliss-reactive ketones (excluding diaryl/α,β-unsaturated/α-hetero) is 1. The Morgan fingerprint density at radius 3 is 2.32 bits per heavy atom. The summed E-state index contributed by atoms with van der Waals surface area (Å²) in [4.78, 5) is 23.9. The monoisotopic (exact) mass is 379 g/mol. The quantitative estimate of drug-likeness (QED) is 0.370. The normalized spacial score (nSPS) is 10.6. The van der Waals surface area contributed by atoms with Gasteiger partial charge in [-0.25, -0.2) is 4.79 Å². The number of rotatable bonds is 8. The van der Waals surface area contributed by atoms with E-state index in [0.717, 1.165) is 11.0 Å². The van der Waals surface area contributed by atoms with Crippen LogP contribution in [0.25, 0.3) is 11.0 Å². The van der Waals surface area contributed by atoms with Crippen LogP contribution >= 0.6 is 0 Å². The number of imidazole rings is 1. The summed E-state index contributed by atoms with van der Waals surface area (Å²) in [5, 5.41) is 8.44. The lowest BCUT2D eigenvalue weighted by molar-refractivity contribution is -0.142. The molecule has 0 fully saturated rings. The molecule has 1 aromatic heterocycles. The summed E-state index contributed by atoms with van der Waals surface area (Å²) in [5.74, 6) is -0.131. The number of nitrogens with zero attached hydrogens (tertiary/aromatic N) is 2. The minimum absolute atomic E-state index is 0.0475. The van der Waals surface area contributed by atoms with Crippen LogP contribution in [0.1, 0.15) is 10.4 Å². The summed E-state index contributed by atoms with van der Waals surface area (Å²) in [6.45, 7) is 4.09. The molecule has 3 rings (SSSR count). The fourth-order valence-corrected chi connectivity index (χ4v) is 2.94. The zero-order valence-electron chi connectivity index (χ0n) is 15.6. The van der Waals surface area contributed by atoms with Crippen molar-refractivity contribution in [2.45, 2.75) is 13.1 Å². The highest BCUT2D eigenvalue weighted by molar-refractivity contribution is 5.96. The van der Waals surface area contributed by atoms with Gasteiger partial charge in [-0.2, -0.15) is 0 Å². The van der Waals surface area contributed by atoms with Gasteiger partial charge in [0.05, 0.1) is 24.7 Å². The number of fused-ring (bicyclic) bond motifs is 1. The van der Waals surface area contributed by atoms with E-state index >= 15 is 0 Å². The van der Waals surface area contributed by atoms with Crippen molar-refractivity contribution in [3.63, 3.8) is 0 Å². The Morgan fingerprint density at radius 2 is 1.71 bits per heavy atom. The number of aromatic nitrogens is 2. The van der Waals surface area contributed by atoms with Gasteiger partial charge < -0.3 is 18.6 Å². The third-order valence-electron chi connectivity index (χ3n) is 4.35. The van der Waals surface area contributed by atoms with Crippen LogP contribution in [0.4, 0.5) is 0 Å². The lowest BCUT2D eigenvalue weighted by atomic mass is 10.1. The Bertz CT molecular complexity index is 1080. The Kier molecular flexibility index (Phi) is 5.74. The number of methoxy groups -OCH3 is 1. The summed E-state index contributed by atoms with van der Waals surface area (Å²) in [7, 11) is 1.29. The van der Waals surface area contributed by atoms with Crippen LogP contribution in [-0.2, 0) is 22.6 Å². The molecule has 0 unspecified atom stereocenters. The molecule has 2 aromatic carbocycles. The molecule has 0 saturated heterocycles. The number of ether oxygens (including phenoxy) is 2. The van der Waals surface area contributed by atoms with Crippen LogP contribution in [0, 0.1) is 5.41 Å². The van der Waals surface area contributed by atoms with Crippen molar-refractivity contribution >= 4 is 22.8 Å². The summed E-state index contributed by atoms with van der Waals surface area (Å²) in [6, 6.07) is 14.1. The number of ketones is 1. The topological polar surface area (TPSA) is 86.3 Å². The minimum atomic E-state index is -0.476. The number of carbonyl (C=O) groups excluding carboxylic acids is 2. The molecule has 0 atom stereocenters. The number of para-hydroxylation sites is 2. The van der Waals surface area contributed by atoms with Gasteiger partial charge in [-0.15, -0.1) is 6.58 Å². The molecule has 3 aromatic rings. The van der Waals surface area contributed by atoms with Gasteiger partial charge in [-0.1, -0.05) is 18.2 Å². The van der Waals surface area contributed by atoms with E-state index in [1.807, 2.05) is 24.3 Å². The molecule has 0 saturated carbocycles. The predicted molar refractivity (Wildman–Crippen MR) is 104 cm³/mol. The van der Waals surface area contributed by atoms with Gasteiger partial charge in [-0.05, 0) is 36.4 Å². The number of hydrogen-bond acceptors (Lipinski definition) is 5. The van der Waals surface area contributed by atoms with Gasteiger partial charge in [-0.3, -0.25) is 10.2 Å². The van der Waals surface area contributed by atoms with Crippen LogP contribution < -0.4 is 10.4 Å². The molecule has 7 nitrogen and oxygen atoms in total. The number of esters is 1. The summed E-state index contributed by atoms with van der Waals surface area (Å²) >= 11 is 0. The average molecular weight is 379 g/mol. The summed E-state index contributed by atoms with van der Waals surface area (Å²) < 4.78 is 13.3. The fraction of sp³-hybridized carbons (Fsp3) is 0.190. The molecule has 144 valence electrons. The van der Waals surface area contributed by atoms with E-state index in [4.69, 9.17) is 10.1 Å². The van der Waals surface area contributed by atoms with E-state index in [1.54, 1.807) is 39.5 Å². The van der Waals surface area contributed by atoms with Crippen molar-refractivity contribution in [1.82, 2.24) is 9.13 Å². The van der Waals surface area contributed by atoms with E-state index in [1.165, 1.54) is 7.11 Å². The highest BCUT2D eigenvalue weighted by atomic mass is 16.6. The number of carbonyl (C=O) groups is 2. The predicted octanol–water partition coefficient (Wildman–Crippen LogP) is 2.54. The molecule has 28 heavy (non-hydrogen) atoms. The zero-order chi connectivity index (χ0) is 20.1. The molecule has 7 heteroatoms. The van der Waals surface area contributed by atoms with E-state index in [0.29, 0.717) is 17.9 Å². The smallest absolute Gasteiger partial charge is 0.343 e. The number of hydrogen-bond donors (Lipinski definition) is 1. The van der Waals surface area contributed by atoms with Crippen LogP contribution in [0.5, 0.6) is 5.75 Å². The second-order valence-corrected chi connectivity index (χ2v) is 6.11. The Labute approximate surface area is 161 Å². The number of allylic oxidation sites excluding steroid dienone is 1. The lowest BCUT2D eigenvalue weighted by Crippen LogP contribution is -2.27. The lowest BCUT2D eigenvalue weighted by Gasteiger charge is -2.07. The van der Waals surface area contributed by atoms with Crippen molar-refractivity contribution in [3.05, 3.63) is 72.4 Å². The van der Waals surface area contributed by atoms with Gasteiger partial charge in [0.2, 0.25) is 5.62 Å². The standard InChI is InChI=1S/C21H21N3O4/c1-3-12-23-17-6-4-5-7-18(17)24(21(23)22)13-19(25)15-8-10-16(11-9-15)28-14-20(26)27-2/h3-11,22H,1,12-14H2,2H3. The van der Waals surface area contributed by atoms with Gasteiger partial charge in [0, 0.05) is 12.1 Å². The maximum absolute atomic E-state index is 12.8. The third kappa shape index (κ3) is 3.88. The van der Waals surface area contributed by atoms with E-state index in [2.05, 4.69) is 11.3 Å². The van der Waals surface area contributed by atoms with E-state index < -0.39 is 5.97 Å². The fourth-order valence-electron chi connectivity index (χ4n) is 2.94. The number of benzene rings is 2. The Hall–Kier alpha value is -3.61. The van der Waals surface area contributed by atoms with Crippen LogP contribution in [0.15, 0.2) is 61.2 Å². The molecule has 0 aliphatic carbocycles. The summed E-state index contributed by atoms with van der Waals surface area (Å²) in [5.41, 5.74) is 2.44. The van der Waals surface area contributed by atoms with Gasteiger partial charge >= 0.3 is 5.97 Å². The highest BCUT2D eigenvalue weighted by Crippen LogP contribution is 2.16. The first-order valence-electron chi connectivity index (χ1n) is 8.71. The second-order valence-electron chi connectivity index (χ2n) is 6.11. The first kappa shape index (κ1) is 19.2. The molecular formula is C21H21N3O4. The third-order valence-corrected chi connectivity index (χ3v) is 4.35. The molecule has 0 aliphatic heterocycles. The molecule has 0 spiro atoms. The Morgan fingerprint density at radius 1 is 1.07 bits per heavy atom. The van der Waals surface area contributed by atoms with Crippen LogP contribution in [0.2, 0.25) is 0 Å². The maximum Gasteiger partial charge on any atom is 0.343 e. The van der Waals surface area contributed by atoms with Gasteiger partial charge in [0.1, 0.15) is 5.75 Å². The van der Waals surface area contributed by atoms with Gasteiger partial charge in [0.25, 0.3) is 0 Å². The van der Waals surface area contributed by atoms with Gasteiger partial charge in [0.15, 0.2) is 12.4 Å². The maximum atomic E-state index is 12.8. The zero-order valence-corrected chi connectivity index (χ0v) is 15.6. The molecule has 1 N–H and O–H groups in total. The van der Waals surface area contributed by atoms with Crippen molar-refractivity contribution in [1.29, 1.82) is 5.41 Å². The molecule has 0 aliphatic rings. The second kappa shape index (κ2) is 8.39. The SMILES string of the molecule is C=CCn1c(=N)n(CC(=O)c2ccc(OCC(=O)OC)cc2)c2ccccc21.